The molecule has 214 valence electrons. The molecular formula is C29H32BrCl2N3O4S. The van der Waals surface area contributed by atoms with Crippen LogP contribution in [0.5, 0.6) is 0 Å². The van der Waals surface area contributed by atoms with Gasteiger partial charge in [-0.25, -0.2) is 8.42 Å². The van der Waals surface area contributed by atoms with Gasteiger partial charge in [0, 0.05) is 17.1 Å². The molecule has 0 radical (unpaired) electrons. The third-order valence-electron chi connectivity index (χ3n) is 6.14. The summed E-state index contributed by atoms with van der Waals surface area (Å²) in [5.74, 6) is -0.881. The van der Waals surface area contributed by atoms with Gasteiger partial charge in [0.15, 0.2) is 0 Å². The Labute approximate surface area is 254 Å². The lowest BCUT2D eigenvalue weighted by Crippen LogP contribution is -2.53. The van der Waals surface area contributed by atoms with E-state index in [1.54, 1.807) is 61.5 Å². The Hall–Kier alpha value is -2.59. The van der Waals surface area contributed by atoms with E-state index in [1.807, 2.05) is 20.8 Å². The maximum atomic E-state index is 14.1. The van der Waals surface area contributed by atoms with E-state index in [4.69, 9.17) is 23.2 Å². The highest BCUT2D eigenvalue weighted by Crippen LogP contribution is 2.28. The summed E-state index contributed by atoms with van der Waals surface area (Å²) < 4.78 is 29.5. The van der Waals surface area contributed by atoms with E-state index >= 15 is 0 Å². The molecular weight excluding hydrogens is 637 g/mol. The first-order valence-corrected chi connectivity index (χ1v) is 15.7. The van der Waals surface area contributed by atoms with Gasteiger partial charge in [-0.1, -0.05) is 75.9 Å². The number of carbonyl (C=O) groups is 2. The minimum absolute atomic E-state index is 0.0245. The third-order valence-corrected chi connectivity index (χ3v) is 9.16. The molecule has 3 aromatic rings. The maximum absolute atomic E-state index is 14.1. The minimum Gasteiger partial charge on any atom is -0.352 e. The number of sulfonamides is 1. The van der Waals surface area contributed by atoms with Gasteiger partial charge in [0.2, 0.25) is 11.8 Å². The predicted molar refractivity (Wildman–Crippen MR) is 164 cm³/mol. The van der Waals surface area contributed by atoms with Crippen molar-refractivity contribution < 1.29 is 18.0 Å². The van der Waals surface area contributed by atoms with Crippen molar-refractivity contribution in [1.29, 1.82) is 0 Å². The molecule has 1 unspecified atom stereocenters. The summed E-state index contributed by atoms with van der Waals surface area (Å²) in [4.78, 5) is 28.7. The Bertz CT molecular complexity index is 1470. The molecule has 0 aliphatic rings. The van der Waals surface area contributed by atoms with Crippen molar-refractivity contribution in [1.82, 2.24) is 10.2 Å². The molecule has 0 aliphatic heterocycles. The van der Waals surface area contributed by atoms with Crippen LogP contribution in [0.3, 0.4) is 0 Å². The quantitative estimate of drug-likeness (QED) is 0.250. The molecule has 0 fully saturated rings. The Morgan fingerprint density at radius 3 is 2.23 bits per heavy atom. The summed E-state index contributed by atoms with van der Waals surface area (Å²) in [6.07, 6.45) is 0.313. The Morgan fingerprint density at radius 2 is 1.65 bits per heavy atom. The standard InChI is InChI=1S/C29H32BrCl2N3O4S/c1-5-27(29(37)33-19(2)3)34(17-21-11-14-25(31)26(32)15-21)28(36)18-35(23-8-6-7-22(30)16-23)40(38,39)24-12-9-20(4)10-13-24/h6-16,19,27H,5,17-18H2,1-4H3,(H,33,37). The molecule has 40 heavy (non-hydrogen) atoms. The predicted octanol–water partition coefficient (Wildman–Crippen LogP) is 6.59. The van der Waals surface area contributed by atoms with Crippen LogP contribution in [0.4, 0.5) is 5.69 Å². The van der Waals surface area contributed by atoms with Crippen molar-refractivity contribution in [2.24, 2.45) is 0 Å². The Balaban J connectivity index is 2.08. The molecule has 0 bridgehead atoms. The first-order chi connectivity index (χ1) is 18.8. The highest BCUT2D eigenvalue weighted by molar-refractivity contribution is 9.10. The molecule has 0 aromatic heterocycles. The largest absolute Gasteiger partial charge is 0.352 e. The average molecular weight is 669 g/mol. The SMILES string of the molecule is CCC(C(=O)NC(C)C)N(Cc1ccc(Cl)c(Cl)c1)C(=O)CN(c1cccc(Br)c1)S(=O)(=O)c1ccc(C)cc1. The van der Waals surface area contributed by atoms with Crippen LogP contribution in [-0.4, -0.2) is 43.8 Å². The van der Waals surface area contributed by atoms with E-state index in [0.29, 0.717) is 32.2 Å². The van der Waals surface area contributed by atoms with Crippen LogP contribution in [0.25, 0.3) is 0 Å². The van der Waals surface area contributed by atoms with Gasteiger partial charge in [-0.2, -0.15) is 0 Å². The number of benzene rings is 3. The summed E-state index contributed by atoms with van der Waals surface area (Å²) in [5.41, 5.74) is 1.85. The van der Waals surface area contributed by atoms with Crippen molar-refractivity contribution in [3.05, 3.63) is 92.4 Å². The topological polar surface area (TPSA) is 86.8 Å². The van der Waals surface area contributed by atoms with Crippen molar-refractivity contribution in [2.45, 2.75) is 57.6 Å². The van der Waals surface area contributed by atoms with Crippen LogP contribution < -0.4 is 9.62 Å². The highest BCUT2D eigenvalue weighted by Gasteiger charge is 2.34. The van der Waals surface area contributed by atoms with E-state index in [2.05, 4.69) is 21.2 Å². The number of hydrogen-bond acceptors (Lipinski definition) is 4. The van der Waals surface area contributed by atoms with Crippen LogP contribution in [0, 0.1) is 6.92 Å². The monoisotopic (exact) mass is 667 g/mol. The number of nitrogens with zero attached hydrogens (tertiary/aromatic N) is 2. The summed E-state index contributed by atoms with van der Waals surface area (Å²) in [5, 5.41) is 3.54. The number of nitrogens with one attached hydrogen (secondary N) is 1. The maximum Gasteiger partial charge on any atom is 0.264 e. The average Bonchev–Trinajstić information content (AvgIpc) is 2.88. The highest BCUT2D eigenvalue weighted by atomic mass is 79.9. The lowest BCUT2D eigenvalue weighted by molar-refractivity contribution is -0.140. The number of aryl methyl sites for hydroxylation is 1. The van der Waals surface area contributed by atoms with Gasteiger partial charge in [0.05, 0.1) is 20.6 Å². The Kier molecular flexibility index (Phi) is 11.1. The second kappa shape index (κ2) is 13.9. The van der Waals surface area contributed by atoms with Crippen LogP contribution in [-0.2, 0) is 26.2 Å². The normalized spacial score (nSPS) is 12.2. The zero-order chi connectivity index (χ0) is 29.6. The van der Waals surface area contributed by atoms with E-state index in [-0.39, 0.29) is 23.4 Å². The summed E-state index contributed by atoms with van der Waals surface area (Å²) >= 11 is 15.7. The minimum atomic E-state index is -4.15. The number of amides is 2. The fraction of sp³-hybridized carbons (Fsp3) is 0.310. The second-order valence-electron chi connectivity index (χ2n) is 9.66. The zero-order valence-electron chi connectivity index (χ0n) is 22.7. The number of anilines is 1. The summed E-state index contributed by atoms with van der Waals surface area (Å²) in [7, 11) is -4.15. The number of halogens is 3. The van der Waals surface area contributed by atoms with Crippen LogP contribution in [0.2, 0.25) is 10.0 Å². The zero-order valence-corrected chi connectivity index (χ0v) is 26.6. The molecule has 0 aliphatic carbocycles. The number of rotatable bonds is 11. The molecule has 2 amide bonds. The van der Waals surface area contributed by atoms with Crippen molar-refractivity contribution >= 4 is 66.7 Å². The molecule has 0 saturated heterocycles. The molecule has 7 nitrogen and oxygen atoms in total. The smallest absolute Gasteiger partial charge is 0.264 e. The summed E-state index contributed by atoms with van der Waals surface area (Å²) in [6.45, 7) is 6.82. The molecule has 0 heterocycles. The van der Waals surface area contributed by atoms with E-state index < -0.39 is 28.5 Å². The fourth-order valence-corrected chi connectivity index (χ4v) is 6.25. The number of hydrogen-bond donors (Lipinski definition) is 1. The first-order valence-electron chi connectivity index (χ1n) is 12.7. The van der Waals surface area contributed by atoms with Crippen molar-refractivity contribution in [3.8, 4) is 0 Å². The van der Waals surface area contributed by atoms with Gasteiger partial charge in [-0.3, -0.25) is 13.9 Å². The molecule has 0 spiro atoms. The molecule has 1 N–H and O–H groups in total. The molecule has 0 saturated carbocycles. The number of carbonyl (C=O) groups excluding carboxylic acids is 2. The summed E-state index contributed by atoms with van der Waals surface area (Å²) in [6, 6.07) is 17.1. The van der Waals surface area contributed by atoms with Gasteiger partial charge >= 0.3 is 0 Å². The first kappa shape index (κ1) is 31.9. The van der Waals surface area contributed by atoms with Gasteiger partial charge in [0.25, 0.3) is 10.0 Å². The fourth-order valence-electron chi connectivity index (χ4n) is 4.13. The van der Waals surface area contributed by atoms with Gasteiger partial charge < -0.3 is 10.2 Å². The van der Waals surface area contributed by atoms with Crippen LogP contribution in [0.15, 0.2) is 76.1 Å². The van der Waals surface area contributed by atoms with Gasteiger partial charge in [-0.05, 0) is 75.2 Å². The lowest BCUT2D eigenvalue weighted by atomic mass is 10.1. The molecule has 11 heteroatoms. The van der Waals surface area contributed by atoms with Crippen molar-refractivity contribution in [2.75, 3.05) is 10.8 Å². The second-order valence-corrected chi connectivity index (χ2v) is 13.3. The lowest BCUT2D eigenvalue weighted by Gasteiger charge is -2.33. The molecule has 3 aromatic carbocycles. The van der Waals surface area contributed by atoms with Crippen LogP contribution >= 0.6 is 39.1 Å². The Morgan fingerprint density at radius 1 is 0.975 bits per heavy atom. The van der Waals surface area contributed by atoms with Gasteiger partial charge in [0.1, 0.15) is 12.6 Å². The van der Waals surface area contributed by atoms with Crippen LogP contribution in [0.1, 0.15) is 38.3 Å². The van der Waals surface area contributed by atoms with Crippen molar-refractivity contribution in [3.63, 3.8) is 0 Å². The molecule has 3 rings (SSSR count). The van der Waals surface area contributed by atoms with Gasteiger partial charge in [-0.15, -0.1) is 0 Å². The van der Waals surface area contributed by atoms with E-state index in [0.717, 1.165) is 9.87 Å². The third kappa shape index (κ3) is 8.00. The van der Waals surface area contributed by atoms with E-state index in [9.17, 15) is 18.0 Å². The molecule has 1 atom stereocenters. The van der Waals surface area contributed by atoms with E-state index in [1.165, 1.54) is 17.0 Å².